The van der Waals surface area contributed by atoms with Gasteiger partial charge in [-0.1, -0.05) is 13.0 Å². The Bertz CT molecular complexity index is 858. The van der Waals surface area contributed by atoms with Gasteiger partial charge in [0.05, 0.1) is 0 Å². The molecule has 0 bridgehead atoms. The lowest BCUT2D eigenvalue weighted by Gasteiger charge is -2.14. The summed E-state index contributed by atoms with van der Waals surface area (Å²) in [6.07, 6.45) is 4.17. The summed E-state index contributed by atoms with van der Waals surface area (Å²) < 4.78 is 32.5. The lowest BCUT2D eigenvalue weighted by Crippen LogP contribution is -2.06. The number of nitrogens with zero attached hydrogens (tertiary/aromatic N) is 2. The molecule has 0 fully saturated rings. The second-order valence-electron chi connectivity index (χ2n) is 5.72. The Morgan fingerprint density at radius 2 is 1.56 bits per heavy atom. The van der Waals surface area contributed by atoms with E-state index < -0.39 is 5.92 Å². The predicted octanol–water partition coefficient (Wildman–Crippen LogP) is 5.61. The fourth-order valence-electron chi connectivity index (χ4n) is 2.57. The molecule has 3 rings (SSSR count). The fourth-order valence-corrected chi connectivity index (χ4v) is 2.57. The Morgan fingerprint density at radius 1 is 0.920 bits per heavy atom. The summed E-state index contributed by atoms with van der Waals surface area (Å²) in [6, 6.07) is 13.3. The molecule has 0 aliphatic heterocycles. The number of aryl methyl sites for hydroxylation is 1. The molecule has 0 aliphatic rings. The van der Waals surface area contributed by atoms with Crippen molar-refractivity contribution in [3.05, 3.63) is 72.2 Å². The quantitative estimate of drug-likeness (QED) is 0.605. The summed E-state index contributed by atoms with van der Waals surface area (Å²) in [5.41, 5.74) is 2.66. The first-order valence-corrected chi connectivity index (χ1v) is 8.04. The number of aromatic nitrogens is 2. The average molecular weight is 340 g/mol. The summed E-state index contributed by atoms with van der Waals surface area (Å²) in [5, 5.41) is 0. The number of pyridine rings is 2. The van der Waals surface area contributed by atoms with Crippen LogP contribution in [0.15, 0.2) is 60.9 Å². The summed E-state index contributed by atoms with van der Waals surface area (Å²) in [7, 11) is 0. The maximum absolute atomic E-state index is 13.3. The molecule has 3 aromatic rings. The molecular formula is C20H18F2N2O. The van der Waals surface area contributed by atoms with Crippen LogP contribution in [0.1, 0.15) is 25.1 Å². The third-order valence-electron chi connectivity index (χ3n) is 3.86. The first-order chi connectivity index (χ1) is 12.0. The molecule has 0 radical (unpaired) electrons. The molecular weight excluding hydrogens is 322 g/mol. The Balaban J connectivity index is 1.94. The van der Waals surface area contributed by atoms with E-state index in [0.717, 1.165) is 30.2 Å². The van der Waals surface area contributed by atoms with E-state index >= 15 is 0 Å². The van der Waals surface area contributed by atoms with Gasteiger partial charge in [-0.15, -0.1) is 0 Å². The normalized spacial score (nSPS) is 11.4. The highest BCUT2D eigenvalue weighted by Gasteiger charge is 2.23. The molecule has 0 atom stereocenters. The van der Waals surface area contributed by atoms with Crippen molar-refractivity contribution in [3.8, 4) is 22.8 Å². The van der Waals surface area contributed by atoms with Gasteiger partial charge in [0.25, 0.3) is 5.92 Å². The molecule has 128 valence electrons. The zero-order chi connectivity index (χ0) is 17.9. The topological polar surface area (TPSA) is 35.0 Å². The molecule has 25 heavy (non-hydrogen) atoms. The Labute approximate surface area is 145 Å². The smallest absolute Gasteiger partial charge is 0.270 e. The van der Waals surface area contributed by atoms with Gasteiger partial charge in [0.2, 0.25) is 5.88 Å². The summed E-state index contributed by atoms with van der Waals surface area (Å²) >= 11 is 0. The molecule has 0 unspecified atom stereocenters. The van der Waals surface area contributed by atoms with Crippen molar-refractivity contribution in [2.75, 3.05) is 0 Å². The van der Waals surface area contributed by atoms with E-state index in [1.807, 2.05) is 31.2 Å². The number of halogens is 2. The number of alkyl halides is 2. The van der Waals surface area contributed by atoms with Crippen LogP contribution in [0.25, 0.3) is 11.1 Å². The molecule has 0 aliphatic carbocycles. The largest absolute Gasteiger partial charge is 0.438 e. The summed E-state index contributed by atoms with van der Waals surface area (Å²) in [5.74, 6) is -2.00. The molecule has 0 saturated heterocycles. The highest BCUT2D eigenvalue weighted by molar-refractivity contribution is 5.70. The highest BCUT2D eigenvalue weighted by atomic mass is 19.3. The van der Waals surface area contributed by atoms with E-state index in [1.54, 1.807) is 12.4 Å². The second-order valence-corrected chi connectivity index (χ2v) is 5.72. The molecule has 0 spiro atoms. The number of benzene rings is 1. The molecule has 0 amide bonds. The van der Waals surface area contributed by atoms with Gasteiger partial charge in [-0.3, -0.25) is 4.98 Å². The van der Waals surface area contributed by atoms with Gasteiger partial charge in [-0.2, -0.15) is 0 Å². The van der Waals surface area contributed by atoms with E-state index in [4.69, 9.17) is 4.74 Å². The maximum Gasteiger partial charge on any atom is 0.270 e. The highest BCUT2D eigenvalue weighted by Crippen LogP contribution is 2.34. The minimum Gasteiger partial charge on any atom is -0.438 e. The summed E-state index contributed by atoms with van der Waals surface area (Å²) in [6.45, 7) is 2.90. The maximum atomic E-state index is 13.3. The number of ether oxygens (including phenoxy) is 1. The third kappa shape index (κ3) is 3.82. The van der Waals surface area contributed by atoms with Gasteiger partial charge in [-0.05, 0) is 48.9 Å². The zero-order valence-corrected chi connectivity index (χ0v) is 14.0. The monoisotopic (exact) mass is 340 g/mol. The van der Waals surface area contributed by atoms with Gasteiger partial charge in [0.1, 0.15) is 5.75 Å². The molecule has 2 aromatic heterocycles. The van der Waals surface area contributed by atoms with Crippen molar-refractivity contribution in [2.45, 2.75) is 26.2 Å². The van der Waals surface area contributed by atoms with Crippen LogP contribution in [0.5, 0.6) is 11.6 Å². The van der Waals surface area contributed by atoms with Crippen LogP contribution in [0, 0.1) is 0 Å². The van der Waals surface area contributed by atoms with Crippen LogP contribution in [0.2, 0.25) is 0 Å². The van der Waals surface area contributed by atoms with Gasteiger partial charge < -0.3 is 4.74 Å². The minimum absolute atomic E-state index is 0.0541. The van der Waals surface area contributed by atoms with E-state index in [1.165, 1.54) is 24.3 Å². The van der Waals surface area contributed by atoms with Gasteiger partial charge in [-0.25, -0.2) is 13.8 Å². The SMILES string of the molecule is CCc1ncccc1-c1cccnc1Oc1ccc(C(C)(F)F)cc1. The molecule has 0 saturated carbocycles. The van der Waals surface area contributed by atoms with Crippen LogP contribution in [0.4, 0.5) is 8.78 Å². The van der Waals surface area contributed by atoms with Crippen LogP contribution in [-0.4, -0.2) is 9.97 Å². The van der Waals surface area contributed by atoms with Crippen molar-refractivity contribution in [3.63, 3.8) is 0 Å². The summed E-state index contributed by atoms with van der Waals surface area (Å²) in [4.78, 5) is 8.69. The Morgan fingerprint density at radius 3 is 2.20 bits per heavy atom. The predicted molar refractivity (Wildman–Crippen MR) is 92.9 cm³/mol. The molecule has 1 aromatic carbocycles. The average Bonchev–Trinajstić information content (AvgIpc) is 2.62. The van der Waals surface area contributed by atoms with Crippen molar-refractivity contribution >= 4 is 0 Å². The third-order valence-corrected chi connectivity index (χ3v) is 3.86. The van der Waals surface area contributed by atoms with Gasteiger partial charge in [0, 0.05) is 41.7 Å². The van der Waals surface area contributed by atoms with E-state index in [2.05, 4.69) is 9.97 Å². The Kier molecular flexibility index (Phi) is 4.74. The van der Waals surface area contributed by atoms with E-state index in [-0.39, 0.29) is 5.56 Å². The van der Waals surface area contributed by atoms with Crippen LogP contribution in [-0.2, 0) is 12.3 Å². The van der Waals surface area contributed by atoms with Gasteiger partial charge in [0.15, 0.2) is 0 Å². The second kappa shape index (κ2) is 6.97. The van der Waals surface area contributed by atoms with Crippen molar-refractivity contribution in [1.82, 2.24) is 9.97 Å². The fraction of sp³-hybridized carbons (Fsp3) is 0.200. The standard InChI is InChI=1S/C20H18F2N2O/c1-3-18-16(6-4-12-23-18)17-7-5-13-24-19(17)25-15-10-8-14(9-11-15)20(2,21)22/h4-13H,3H2,1-2H3. The van der Waals surface area contributed by atoms with E-state index in [9.17, 15) is 8.78 Å². The van der Waals surface area contributed by atoms with E-state index in [0.29, 0.717) is 11.6 Å². The zero-order valence-electron chi connectivity index (χ0n) is 14.0. The van der Waals surface area contributed by atoms with Crippen molar-refractivity contribution in [1.29, 1.82) is 0 Å². The number of rotatable bonds is 5. The van der Waals surface area contributed by atoms with Crippen LogP contribution in [0.3, 0.4) is 0 Å². The molecule has 5 heteroatoms. The first kappa shape index (κ1) is 17.0. The van der Waals surface area contributed by atoms with Crippen LogP contribution >= 0.6 is 0 Å². The lowest BCUT2D eigenvalue weighted by atomic mass is 10.0. The lowest BCUT2D eigenvalue weighted by molar-refractivity contribution is 0.0174. The Hall–Kier alpha value is -2.82. The van der Waals surface area contributed by atoms with Gasteiger partial charge >= 0.3 is 0 Å². The first-order valence-electron chi connectivity index (χ1n) is 8.04. The molecule has 2 heterocycles. The minimum atomic E-state index is -2.87. The number of hydrogen-bond donors (Lipinski definition) is 0. The number of hydrogen-bond acceptors (Lipinski definition) is 3. The molecule has 3 nitrogen and oxygen atoms in total. The van der Waals surface area contributed by atoms with Crippen molar-refractivity contribution < 1.29 is 13.5 Å². The molecule has 0 N–H and O–H groups in total. The van der Waals surface area contributed by atoms with Crippen molar-refractivity contribution in [2.24, 2.45) is 0 Å². The van der Waals surface area contributed by atoms with Crippen LogP contribution < -0.4 is 4.74 Å².